The number of benzene rings is 1. The number of hydrogen-bond acceptors (Lipinski definition) is 3. The maximum Gasteiger partial charge on any atom is 0.242 e. The molecule has 1 rings (SSSR count). The molecule has 0 heterocycles. The number of amides is 2. The Balaban J connectivity index is 2.72. The first kappa shape index (κ1) is 17.2. The van der Waals surface area contributed by atoms with Gasteiger partial charge in [-0.25, -0.2) is 0 Å². The molecule has 0 spiro atoms. The summed E-state index contributed by atoms with van der Waals surface area (Å²) in [6.45, 7) is 5.62. The average Bonchev–Trinajstić information content (AvgIpc) is 2.43. The van der Waals surface area contributed by atoms with Crippen LogP contribution in [0.3, 0.4) is 0 Å². The van der Waals surface area contributed by atoms with Crippen LogP contribution in [0.25, 0.3) is 0 Å². The van der Waals surface area contributed by atoms with Gasteiger partial charge >= 0.3 is 0 Å². The summed E-state index contributed by atoms with van der Waals surface area (Å²) in [7, 11) is 0. The van der Waals surface area contributed by atoms with Crippen LogP contribution < -0.4 is 5.32 Å². The van der Waals surface area contributed by atoms with Crippen LogP contribution in [-0.2, 0) is 16.1 Å². The Morgan fingerprint density at radius 2 is 1.86 bits per heavy atom. The predicted molar refractivity (Wildman–Crippen MR) is 81.5 cm³/mol. The molecule has 0 saturated heterocycles. The van der Waals surface area contributed by atoms with Crippen molar-refractivity contribution in [2.75, 3.05) is 13.1 Å². The first-order valence-electron chi connectivity index (χ1n) is 7.12. The van der Waals surface area contributed by atoms with Gasteiger partial charge in [0.15, 0.2) is 0 Å². The lowest BCUT2D eigenvalue weighted by Gasteiger charge is -2.29. The first-order valence-corrected chi connectivity index (χ1v) is 7.12. The highest BCUT2D eigenvalue weighted by Gasteiger charge is 2.22. The van der Waals surface area contributed by atoms with Crippen LogP contribution in [-0.4, -0.2) is 40.5 Å². The molecule has 0 bridgehead atoms. The molecule has 0 aliphatic carbocycles. The molecule has 0 aliphatic rings. The molecule has 21 heavy (non-hydrogen) atoms. The number of carbonyl (C=O) groups excluding carboxylic acids is 2. The third-order valence-corrected chi connectivity index (χ3v) is 2.90. The minimum atomic E-state index is -0.987. The summed E-state index contributed by atoms with van der Waals surface area (Å²) in [5, 5.41) is 12.5. The second-order valence-electron chi connectivity index (χ2n) is 5.68. The van der Waals surface area contributed by atoms with Gasteiger partial charge in [-0.2, -0.15) is 0 Å². The zero-order valence-electron chi connectivity index (χ0n) is 12.9. The second-order valence-corrected chi connectivity index (χ2v) is 5.68. The molecular formula is C16H24N2O3. The molecular weight excluding hydrogens is 268 g/mol. The Kier molecular flexibility index (Phi) is 6.37. The SMILES string of the molecule is CCC(=O)NCC(=O)N(Cc1ccccc1)CC(C)(C)O. The zero-order chi connectivity index (χ0) is 15.9. The van der Waals surface area contributed by atoms with Crippen molar-refractivity contribution in [3.05, 3.63) is 35.9 Å². The molecule has 1 aromatic rings. The number of nitrogens with zero attached hydrogens (tertiary/aromatic N) is 1. The summed E-state index contributed by atoms with van der Waals surface area (Å²) in [6.07, 6.45) is 0.345. The normalized spacial score (nSPS) is 11.0. The predicted octanol–water partition coefficient (Wildman–Crippen LogP) is 1.31. The van der Waals surface area contributed by atoms with E-state index in [-0.39, 0.29) is 24.9 Å². The molecule has 0 aromatic heterocycles. The molecule has 2 N–H and O–H groups in total. The molecule has 5 heteroatoms. The van der Waals surface area contributed by atoms with Crippen LogP contribution >= 0.6 is 0 Å². The van der Waals surface area contributed by atoms with Crippen molar-refractivity contribution < 1.29 is 14.7 Å². The number of hydrogen-bond donors (Lipinski definition) is 2. The molecule has 2 amide bonds. The lowest BCUT2D eigenvalue weighted by molar-refractivity contribution is -0.135. The number of nitrogens with one attached hydrogen (secondary N) is 1. The third kappa shape index (κ3) is 6.90. The maximum atomic E-state index is 12.2. The van der Waals surface area contributed by atoms with Gasteiger partial charge in [0.05, 0.1) is 12.1 Å². The second kappa shape index (κ2) is 7.78. The van der Waals surface area contributed by atoms with Gasteiger partial charge < -0.3 is 15.3 Å². The van der Waals surface area contributed by atoms with Gasteiger partial charge in [0, 0.05) is 19.5 Å². The average molecular weight is 292 g/mol. The minimum Gasteiger partial charge on any atom is -0.389 e. The van der Waals surface area contributed by atoms with Crippen molar-refractivity contribution in [2.24, 2.45) is 0 Å². The summed E-state index contributed by atoms with van der Waals surface area (Å²) in [5.41, 5.74) is -0.00364. The lowest BCUT2D eigenvalue weighted by Crippen LogP contribution is -2.45. The van der Waals surface area contributed by atoms with Crippen LogP contribution in [0.15, 0.2) is 30.3 Å². The summed E-state index contributed by atoms with van der Waals surface area (Å²) in [4.78, 5) is 25.1. The van der Waals surface area contributed by atoms with Crippen molar-refractivity contribution in [1.29, 1.82) is 0 Å². The monoisotopic (exact) mass is 292 g/mol. The van der Waals surface area contributed by atoms with Gasteiger partial charge in [0.2, 0.25) is 11.8 Å². The zero-order valence-corrected chi connectivity index (χ0v) is 12.9. The van der Waals surface area contributed by atoms with Crippen molar-refractivity contribution >= 4 is 11.8 Å². The third-order valence-electron chi connectivity index (χ3n) is 2.90. The fourth-order valence-corrected chi connectivity index (χ4v) is 1.91. The van der Waals surface area contributed by atoms with E-state index in [1.54, 1.807) is 25.7 Å². The molecule has 116 valence electrons. The summed E-state index contributed by atoms with van der Waals surface area (Å²) < 4.78 is 0. The minimum absolute atomic E-state index is 0.0460. The Morgan fingerprint density at radius 1 is 1.24 bits per heavy atom. The first-order chi connectivity index (χ1) is 9.81. The van der Waals surface area contributed by atoms with Crippen LogP contribution in [0.5, 0.6) is 0 Å². The standard InChI is InChI=1S/C16H24N2O3/c1-4-14(19)17-10-15(20)18(12-16(2,3)21)11-13-8-6-5-7-9-13/h5-9,21H,4,10-12H2,1-3H3,(H,17,19). The molecule has 0 aliphatic heterocycles. The van der Waals surface area contributed by atoms with Crippen LogP contribution in [0, 0.1) is 0 Å². The van der Waals surface area contributed by atoms with Gasteiger partial charge in [-0.15, -0.1) is 0 Å². The largest absolute Gasteiger partial charge is 0.389 e. The van der Waals surface area contributed by atoms with Crippen molar-refractivity contribution in [3.8, 4) is 0 Å². The Morgan fingerprint density at radius 3 is 2.38 bits per heavy atom. The quantitative estimate of drug-likeness (QED) is 0.796. The fourth-order valence-electron chi connectivity index (χ4n) is 1.91. The van der Waals surface area contributed by atoms with Gasteiger partial charge in [-0.05, 0) is 19.4 Å². The summed E-state index contributed by atoms with van der Waals surface area (Å²) >= 11 is 0. The summed E-state index contributed by atoms with van der Waals surface area (Å²) in [5.74, 6) is -0.367. The number of aliphatic hydroxyl groups is 1. The molecule has 1 aromatic carbocycles. The highest BCUT2D eigenvalue weighted by molar-refractivity contribution is 5.84. The van der Waals surface area contributed by atoms with Crippen LogP contribution in [0.2, 0.25) is 0 Å². The number of rotatable bonds is 7. The molecule has 5 nitrogen and oxygen atoms in total. The molecule has 0 fully saturated rings. The maximum absolute atomic E-state index is 12.2. The van der Waals surface area contributed by atoms with Gasteiger partial charge in [-0.1, -0.05) is 37.3 Å². The van der Waals surface area contributed by atoms with E-state index in [2.05, 4.69) is 5.32 Å². The highest BCUT2D eigenvalue weighted by atomic mass is 16.3. The highest BCUT2D eigenvalue weighted by Crippen LogP contribution is 2.10. The Labute approximate surface area is 126 Å². The van der Waals surface area contributed by atoms with E-state index in [9.17, 15) is 14.7 Å². The van der Waals surface area contributed by atoms with Crippen molar-refractivity contribution in [2.45, 2.75) is 39.3 Å². The van der Waals surface area contributed by atoms with E-state index < -0.39 is 5.60 Å². The fraction of sp³-hybridized carbons (Fsp3) is 0.500. The van der Waals surface area contributed by atoms with E-state index >= 15 is 0 Å². The smallest absolute Gasteiger partial charge is 0.242 e. The van der Waals surface area contributed by atoms with Crippen molar-refractivity contribution in [3.63, 3.8) is 0 Å². The molecule has 0 unspecified atom stereocenters. The van der Waals surface area contributed by atoms with Gasteiger partial charge in [0.1, 0.15) is 0 Å². The van der Waals surface area contributed by atoms with Gasteiger partial charge in [-0.3, -0.25) is 9.59 Å². The Bertz CT molecular complexity index is 466. The van der Waals surface area contributed by atoms with E-state index in [0.717, 1.165) is 5.56 Å². The summed E-state index contributed by atoms with van der Waals surface area (Å²) in [6, 6.07) is 9.57. The molecule has 0 atom stereocenters. The van der Waals surface area contributed by atoms with E-state index in [4.69, 9.17) is 0 Å². The Hall–Kier alpha value is -1.88. The topological polar surface area (TPSA) is 69.6 Å². The number of carbonyl (C=O) groups is 2. The molecule has 0 saturated carbocycles. The van der Waals surface area contributed by atoms with E-state index in [0.29, 0.717) is 13.0 Å². The van der Waals surface area contributed by atoms with Crippen molar-refractivity contribution in [1.82, 2.24) is 10.2 Å². The lowest BCUT2D eigenvalue weighted by atomic mass is 10.1. The van der Waals surface area contributed by atoms with E-state index in [1.807, 2.05) is 30.3 Å². The van der Waals surface area contributed by atoms with Crippen LogP contribution in [0.1, 0.15) is 32.8 Å². The molecule has 0 radical (unpaired) electrons. The van der Waals surface area contributed by atoms with E-state index in [1.165, 1.54) is 0 Å². The van der Waals surface area contributed by atoms with Gasteiger partial charge in [0.25, 0.3) is 0 Å². The van der Waals surface area contributed by atoms with Crippen LogP contribution in [0.4, 0.5) is 0 Å².